The summed E-state index contributed by atoms with van der Waals surface area (Å²) in [6.45, 7) is -0.427. The zero-order valence-electron chi connectivity index (χ0n) is 12.2. The van der Waals surface area contributed by atoms with Crippen molar-refractivity contribution < 1.29 is 31.5 Å². The van der Waals surface area contributed by atoms with Crippen LogP contribution < -0.4 is 4.72 Å². The lowest BCUT2D eigenvalue weighted by molar-refractivity contribution is -0.121. The van der Waals surface area contributed by atoms with Gasteiger partial charge in [-0.25, -0.2) is 17.9 Å². The van der Waals surface area contributed by atoms with Gasteiger partial charge in [0, 0.05) is 12.6 Å². The van der Waals surface area contributed by atoms with Crippen LogP contribution in [-0.2, 0) is 16.6 Å². The first-order valence-corrected chi connectivity index (χ1v) is 8.23. The molecule has 1 aromatic carbocycles. The minimum atomic E-state index is -4.67. The van der Waals surface area contributed by atoms with Gasteiger partial charge in [0.25, 0.3) is 0 Å². The van der Waals surface area contributed by atoms with Crippen LogP contribution >= 0.6 is 0 Å². The summed E-state index contributed by atoms with van der Waals surface area (Å²) in [6, 6.07) is 7.45. The second kappa shape index (κ2) is 7.64. The van der Waals surface area contributed by atoms with Crippen LogP contribution in [0.15, 0.2) is 30.3 Å². The Bertz CT molecular complexity index is 620. The molecule has 0 heterocycles. The molecule has 0 saturated heterocycles. The minimum Gasteiger partial charge on any atom is -0.465 e. The molecule has 0 radical (unpaired) electrons. The zero-order valence-corrected chi connectivity index (χ0v) is 13.1. The summed E-state index contributed by atoms with van der Waals surface area (Å²) in [5.74, 6) is -0.762. The lowest BCUT2D eigenvalue weighted by atomic mass is 10.2. The molecule has 6 nitrogen and oxygen atoms in total. The average Bonchev–Trinajstić information content (AvgIpc) is 2.42. The Morgan fingerprint density at radius 2 is 1.87 bits per heavy atom. The van der Waals surface area contributed by atoms with E-state index in [1.807, 2.05) is 0 Å². The molecule has 130 valence electrons. The van der Waals surface area contributed by atoms with Crippen molar-refractivity contribution in [3.63, 3.8) is 0 Å². The van der Waals surface area contributed by atoms with Crippen molar-refractivity contribution in [2.45, 2.75) is 25.7 Å². The van der Waals surface area contributed by atoms with E-state index in [1.165, 1.54) is 11.6 Å². The molecule has 10 heteroatoms. The maximum Gasteiger partial charge on any atom is 0.407 e. The van der Waals surface area contributed by atoms with Crippen LogP contribution in [0, 0.1) is 0 Å². The maximum absolute atomic E-state index is 12.1. The van der Waals surface area contributed by atoms with E-state index in [-0.39, 0.29) is 6.54 Å². The Balaban J connectivity index is 2.74. The van der Waals surface area contributed by atoms with Gasteiger partial charge < -0.3 is 10.0 Å². The highest BCUT2D eigenvalue weighted by molar-refractivity contribution is 7.89. The standard InChI is InChI=1S/C13H17F3N2O4S/c1-10(8-23(21,22)17-9-13(14,15)16)18(12(19)20)7-11-5-3-2-4-6-11/h2-6,10,17H,7-9H2,1H3,(H,19,20). The first-order chi connectivity index (χ1) is 10.5. The van der Waals surface area contributed by atoms with E-state index in [0.717, 1.165) is 4.90 Å². The van der Waals surface area contributed by atoms with Crippen molar-refractivity contribution in [2.75, 3.05) is 12.3 Å². The monoisotopic (exact) mass is 354 g/mol. The number of nitrogens with one attached hydrogen (secondary N) is 1. The number of benzene rings is 1. The van der Waals surface area contributed by atoms with Gasteiger partial charge in [0.1, 0.15) is 6.54 Å². The average molecular weight is 354 g/mol. The molecule has 0 aliphatic heterocycles. The van der Waals surface area contributed by atoms with Crippen molar-refractivity contribution >= 4 is 16.1 Å². The van der Waals surface area contributed by atoms with Crippen molar-refractivity contribution in [3.05, 3.63) is 35.9 Å². The number of hydrogen-bond acceptors (Lipinski definition) is 3. The number of sulfonamides is 1. The molecule has 0 saturated carbocycles. The Hall–Kier alpha value is -1.81. The fourth-order valence-electron chi connectivity index (χ4n) is 1.85. The SMILES string of the molecule is CC(CS(=O)(=O)NCC(F)(F)F)N(Cc1ccccc1)C(=O)O. The quantitative estimate of drug-likeness (QED) is 0.784. The van der Waals surface area contributed by atoms with E-state index >= 15 is 0 Å². The molecule has 23 heavy (non-hydrogen) atoms. The molecule has 0 aliphatic rings. The fraction of sp³-hybridized carbons (Fsp3) is 0.462. The Morgan fingerprint density at radius 3 is 2.35 bits per heavy atom. The van der Waals surface area contributed by atoms with Crippen LogP contribution in [0.25, 0.3) is 0 Å². The maximum atomic E-state index is 12.1. The number of halogens is 3. The zero-order chi connectivity index (χ0) is 17.7. The van der Waals surface area contributed by atoms with Crippen LogP contribution in [0.4, 0.5) is 18.0 Å². The Morgan fingerprint density at radius 1 is 1.30 bits per heavy atom. The third-order valence-electron chi connectivity index (χ3n) is 2.93. The normalized spacial score (nSPS) is 13.6. The number of rotatable bonds is 7. The number of carbonyl (C=O) groups is 1. The minimum absolute atomic E-state index is 0.0634. The van der Waals surface area contributed by atoms with E-state index in [0.29, 0.717) is 5.56 Å². The highest BCUT2D eigenvalue weighted by atomic mass is 32.2. The van der Waals surface area contributed by atoms with Crippen molar-refractivity contribution in [1.82, 2.24) is 9.62 Å². The molecule has 1 unspecified atom stereocenters. The van der Waals surface area contributed by atoms with E-state index in [9.17, 15) is 31.5 Å². The van der Waals surface area contributed by atoms with E-state index in [1.54, 1.807) is 30.3 Å². The predicted molar refractivity (Wildman–Crippen MR) is 77.3 cm³/mol. The van der Waals surface area contributed by atoms with Gasteiger partial charge in [0.2, 0.25) is 10.0 Å². The summed E-state index contributed by atoms with van der Waals surface area (Å²) in [4.78, 5) is 12.1. The van der Waals surface area contributed by atoms with E-state index in [2.05, 4.69) is 0 Å². The number of amides is 1. The van der Waals surface area contributed by atoms with Crippen molar-refractivity contribution in [2.24, 2.45) is 0 Å². The molecule has 0 bridgehead atoms. The summed E-state index contributed by atoms with van der Waals surface area (Å²) in [5.41, 5.74) is 0.641. The first-order valence-electron chi connectivity index (χ1n) is 6.58. The third-order valence-corrected chi connectivity index (χ3v) is 4.43. The van der Waals surface area contributed by atoms with Gasteiger partial charge in [-0.15, -0.1) is 0 Å². The molecule has 1 amide bonds. The van der Waals surface area contributed by atoms with E-state index < -0.39 is 40.6 Å². The Kier molecular flexibility index (Phi) is 6.39. The molecule has 1 aromatic rings. The van der Waals surface area contributed by atoms with Gasteiger partial charge >= 0.3 is 12.3 Å². The van der Waals surface area contributed by atoms with Crippen molar-refractivity contribution in [1.29, 1.82) is 0 Å². The number of nitrogens with zero attached hydrogens (tertiary/aromatic N) is 1. The summed E-state index contributed by atoms with van der Waals surface area (Å²) in [7, 11) is -4.26. The van der Waals surface area contributed by atoms with Crippen LogP contribution in [0.2, 0.25) is 0 Å². The van der Waals surface area contributed by atoms with Gasteiger partial charge in [-0.2, -0.15) is 13.2 Å². The molecule has 2 N–H and O–H groups in total. The third kappa shape index (κ3) is 7.33. The number of hydrogen-bond donors (Lipinski definition) is 2. The lowest BCUT2D eigenvalue weighted by Crippen LogP contribution is -2.45. The highest BCUT2D eigenvalue weighted by Crippen LogP contribution is 2.14. The molecule has 0 aliphatic carbocycles. The number of alkyl halides is 3. The number of carboxylic acid groups (broad SMARTS) is 1. The Labute approximate surface area is 132 Å². The molecular weight excluding hydrogens is 337 g/mol. The van der Waals surface area contributed by atoms with Crippen molar-refractivity contribution in [3.8, 4) is 0 Å². The van der Waals surface area contributed by atoms with Crippen LogP contribution in [0.5, 0.6) is 0 Å². The molecule has 1 atom stereocenters. The molecule has 1 rings (SSSR count). The van der Waals surface area contributed by atoms with Crippen LogP contribution in [-0.4, -0.2) is 49.0 Å². The highest BCUT2D eigenvalue weighted by Gasteiger charge is 2.31. The largest absolute Gasteiger partial charge is 0.465 e. The second-order valence-corrected chi connectivity index (χ2v) is 6.81. The fourth-order valence-corrected chi connectivity index (χ4v) is 3.17. The van der Waals surface area contributed by atoms with E-state index in [4.69, 9.17) is 0 Å². The predicted octanol–water partition coefficient (Wildman–Crippen LogP) is 2.04. The molecule has 0 fully saturated rings. The summed E-state index contributed by atoms with van der Waals surface area (Å²) in [6.07, 6.45) is -6.03. The molecule has 0 aromatic heterocycles. The summed E-state index contributed by atoms with van der Waals surface area (Å²) in [5, 5.41) is 9.19. The van der Waals surface area contributed by atoms with Gasteiger partial charge in [-0.1, -0.05) is 30.3 Å². The topological polar surface area (TPSA) is 86.7 Å². The van der Waals surface area contributed by atoms with Gasteiger partial charge in [0.05, 0.1) is 5.75 Å². The molecule has 0 spiro atoms. The van der Waals surface area contributed by atoms with Crippen LogP contribution in [0.1, 0.15) is 12.5 Å². The van der Waals surface area contributed by atoms with Gasteiger partial charge in [0.15, 0.2) is 0 Å². The molecular formula is C13H17F3N2O4S. The smallest absolute Gasteiger partial charge is 0.407 e. The first kappa shape index (κ1) is 19.2. The second-order valence-electron chi connectivity index (χ2n) is 4.96. The van der Waals surface area contributed by atoms with Gasteiger partial charge in [-0.3, -0.25) is 0 Å². The lowest BCUT2D eigenvalue weighted by Gasteiger charge is -2.26. The summed E-state index contributed by atoms with van der Waals surface area (Å²) >= 11 is 0. The van der Waals surface area contributed by atoms with Gasteiger partial charge in [-0.05, 0) is 12.5 Å². The van der Waals surface area contributed by atoms with Crippen LogP contribution in [0.3, 0.4) is 0 Å². The summed E-state index contributed by atoms with van der Waals surface area (Å²) < 4.78 is 60.9.